The molecule has 0 saturated heterocycles. The molecule has 0 aromatic heterocycles. The Bertz CT molecular complexity index is 876. The predicted molar refractivity (Wildman–Crippen MR) is 112 cm³/mol. The Kier molecular flexibility index (Phi) is 11.0. The zero-order chi connectivity index (χ0) is 25.0. The highest BCUT2D eigenvalue weighted by molar-refractivity contribution is 5.95. The summed E-state index contributed by atoms with van der Waals surface area (Å²) < 4.78 is 0. The van der Waals surface area contributed by atoms with Gasteiger partial charge in [0.1, 0.15) is 18.1 Å². The Hall–Kier alpha value is -4.00. The van der Waals surface area contributed by atoms with E-state index in [2.05, 4.69) is 16.0 Å². The van der Waals surface area contributed by atoms with Crippen molar-refractivity contribution < 1.29 is 44.1 Å². The van der Waals surface area contributed by atoms with E-state index < -0.39 is 73.1 Å². The van der Waals surface area contributed by atoms with Crippen LogP contribution in [0.5, 0.6) is 0 Å². The fraction of sp³-hybridized carbons (Fsp3) is 0.400. The smallest absolute Gasteiger partial charge is 0.326 e. The maximum atomic E-state index is 12.6. The number of hydrogen-bond donors (Lipinski definition) is 7. The highest BCUT2D eigenvalue weighted by Gasteiger charge is 2.31. The van der Waals surface area contributed by atoms with Crippen LogP contribution in [0.3, 0.4) is 0 Å². The van der Waals surface area contributed by atoms with E-state index in [9.17, 15) is 33.9 Å². The summed E-state index contributed by atoms with van der Waals surface area (Å²) in [5, 5.41) is 33.9. The van der Waals surface area contributed by atoms with Crippen LogP contribution in [0.4, 0.5) is 0 Å². The van der Waals surface area contributed by atoms with E-state index in [-0.39, 0.29) is 12.8 Å². The van der Waals surface area contributed by atoms with Crippen molar-refractivity contribution in [1.82, 2.24) is 16.0 Å². The fourth-order valence-corrected chi connectivity index (χ4v) is 2.77. The first-order valence-corrected chi connectivity index (χ1v) is 9.84. The van der Waals surface area contributed by atoms with E-state index in [1.807, 2.05) is 0 Å². The first-order valence-electron chi connectivity index (χ1n) is 9.84. The number of carbonyl (C=O) groups is 6. The lowest BCUT2D eigenvalue weighted by atomic mass is 10.0. The summed E-state index contributed by atoms with van der Waals surface area (Å²) in [7, 11) is 0. The number of carboxylic acids is 3. The molecule has 1 aromatic rings. The molecule has 8 N–H and O–H groups in total. The molecule has 180 valence electrons. The molecule has 13 heteroatoms. The lowest BCUT2D eigenvalue weighted by Gasteiger charge is -2.23. The number of hydrogen-bond acceptors (Lipinski definition) is 7. The van der Waals surface area contributed by atoms with E-state index >= 15 is 0 Å². The molecule has 0 aliphatic rings. The zero-order valence-corrected chi connectivity index (χ0v) is 17.5. The predicted octanol–water partition coefficient (Wildman–Crippen LogP) is -1.93. The van der Waals surface area contributed by atoms with Gasteiger partial charge in [-0.05, 0) is 12.0 Å². The second-order valence-electron chi connectivity index (χ2n) is 7.00. The molecule has 3 atom stereocenters. The first kappa shape index (κ1) is 27.0. The van der Waals surface area contributed by atoms with Gasteiger partial charge >= 0.3 is 17.9 Å². The Morgan fingerprint density at radius 2 is 1.36 bits per heavy atom. The molecule has 0 saturated carbocycles. The minimum atomic E-state index is -1.69. The van der Waals surface area contributed by atoms with E-state index in [0.717, 1.165) is 0 Å². The molecule has 0 aliphatic carbocycles. The first-order chi connectivity index (χ1) is 15.5. The van der Waals surface area contributed by atoms with Crippen LogP contribution in [-0.4, -0.2) is 75.6 Å². The second-order valence-corrected chi connectivity index (χ2v) is 7.00. The summed E-state index contributed by atoms with van der Waals surface area (Å²) in [4.78, 5) is 70.4. The standard InChI is InChI=1S/C20H26N4O9/c21-10-15(25)22-12(6-7-16(26)27)18(30)23-13(9-17(28)29)19(31)24-14(20(32)33)8-11-4-2-1-3-5-11/h1-5,12-14H,6-10,21H2,(H,22,25)(H,23,30)(H,24,31)(H,26,27)(H,28,29)(H,32,33). The maximum Gasteiger partial charge on any atom is 0.326 e. The van der Waals surface area contributed by atoms with Gasteiger partial charge in [-0.3, -0.25) is 24.0 Å². The zero-order valence-electron chi connectivity index (χ0n) is 17.5. The number of benzene rings is 1. The van der Waals surface area contributed by atoms with E-state index in [1.54, 1.807) is 30.3 Å². The van der Waals surface area contributed by atoms with Gasteiger partial charge in [-0.25, -0.2) is 4.79 Å². The molecule has 1 rings (SSSR count). The molecule has 0 heterocycles. The summed E-state index contributed by atoms with van der Waals surface area (Å²) in [5.41, 5.74) is 5.78. The van der Waals surface area contributed by atoms with Crippen molar-refractivity contribution in [3.05, 3.63) is 35.9 Å². The van der Waals surface area contributed by atoms with Crippen molar-refractivity contribution in [3.63, 3.8) is 0 Å². The SMILES string of the molecule is NCC(=O)NC(CCC(=O)O)C(=O)NC(CC(=O)O)C(=O)NC(Cc1ccccc1)C(=O)O. The number of nitrogens with one attached hydrogen (secondary N) is 3. The van der Waals surface area contributed by atoms with Gasteiger partial charge in [0.15, 0.2) is 0 Å². The number of carboxylic acid groups (broad SMARTS) is 3. The van der Waals surface area contributed by atoms with Crippen LogP contribution in [0.2, 0.25) is 0 Å². The summed E-state index contributed by atoms with van der Waals surface area (Å²) >= 11 is 0. The number of nitrogens with two attached hydrogens (primary N) is 1. The van der Waals surface area contributed by atoms with Crippen molar-refractivity contribution in [3.8, 4) is 0 Å². The molecule has 3 amide bonds. The van der Waals surface area contributed by atoms with Gasteiger partial charge in [-0.2, -0.15) is 0 Å². The highest BCUT2D eigenvalue weighted by Crippen LogP contribution is 2.06. The van der Waals surface area contributed by atoms with Gasteiger partial charge in [0.25, 0.3) is 0 Å². The number of amides is 3. The average molecular weight is 466 g/mol. The third kappa shape index (κ3) is 10.2. The molecule has 13 nitrogen and oxygen atoms in total. The summed E-state index contributed by atoms with van der Waals surface area (Å²) in [5.74, 6) is -6.94. The van der Waals surface area contributed by atoms with Crippen LogP contribution in [0.15, 0.2) is 30.3 Å². The molecule has 0 aliphatic heterocycles. The molecule has 0 spiro atoms. The summed E-state index contributed by atoms with van der Waals surface area (Å²) in [6.07, 6.45) is -1.83. The Morgan fingerprint density at radius 1 is 0.788 bits per heavy atom. The molecule has 0 radical (unpaired) electrons. The molecule has 0 bridgehead atoms. The molecular formula is C20H26N4O9. The van der Waals surface area contributed by atoms with Crippen LogP contribution in [0.25, 0.3) is 0 Å². The van der Waals surface area contributed by atoms with Crippen molar-refractivity contribution in [2.75, 3.05) is 6.54 Å². The third-order valence-electron chi connectivity index (χ3n) is 4.39. The van der Waals surface area contributed by atoms with Crippen LogP contribution in [0.1, 0.15) is 24.8 Å². The van der Waals surface area contributed by atoms with Gasteiger partial charge in [-0.1, -0.05) is 30.3 Å². The van der Waals surface area contributed by atoms with E-state index in [1.165, 1.54) is 0 Å². The van der Waals surface area contributed by atoms with Crippen molar-refractivity contribution in [1.29, 1.82) is 0 Å². The Labute approximate surface area is 188 Å². The number of rotatable bonds is 14. The van der Waals surface area contributed by atoms with Gasteiger partial charge in [-0.15, -0.1) is 0 Å². The lowest BCUT2D eigenvalue weighted by Crippen LogP contribution is -2.57. The highest BCUT2D eigenvalue weighted by atomic mass is 16.4. The Balaban J connectivity index is 2.97. The normalized spacial score (nSPS) is 13.1. The Morgan fingerprint density at radius 3 is 1.88 bits per heavy atom. The van der Waals surface area contributed by atoms with Crippen molar-refractivity contribution in [2.45, 2.75) is 43.8 Å². The van der Waals surface area contributed by atoms with Crippen LogP contribution in [-0.2, 0) is 35.2 Å². The third-order valence-corrected chi connectivity index (χ3v) is 4.39. The summed E-state index contributed by atoms with van der Waals surface area (Å²) in [6.45, 7) is -0.490. The van der Waals surface area contributed by atoms with Crippen molar-refractivity contribution >= 4 is 35.6 Å². The van der Waals surface area contributed by atoms with E-state index in [0.29, 0.717) is 5.56 Å². The average Bonchev–Trinajstić information content (AvgIpc) is 2.75. The van der Waals surface area contributed by atoms with Gasteiger partial charge in [0, 0.05) is 12.8 Å². The quantitative estimate of drug-likeness (QED) is 0.161. The van der Waals surface area contributed by atoms with Crippen LogP contribution < -0.4 is 21.7 Å². The van der Waals surface area contributed by atoms with Crippen LogP contribution in [0, 0.1) is 0 Å². The number of carbonyl (C=O) groups excluding carboxylic acids is 3. The minimum Gasteiger partial charge on any atom is -0.481 e. The minimum absolute atomic E-state index is 0.0938. The van der Waals surface area contributed by atoms with Gasteiger partial charge in [0.2, 0.25) is 17.7 Å². The maximum absolute atomic E-state index is 12.6. The molecule has 0 fully saturated rings. The molecular weight excluding hydrogens is 440 g/mol. The summed E-state index contributed by atoms with van der Waals surface area (Å²) in [6, 6.07) is 3.87. The van der Waals surface area contributed by atoms with Crippen molar-refractivity contribution in [2.24, 2.45) is 5.73 Å². The van der Waals surface area contributed by atoms with Gasteiger partial charge < -0.3 is 37.0 Å². The number of aliphatic carboxylic acids is 3. The molecule has 3 unspecified atom stereocenters. The molecule has 33 heavy (non-hydrogen) atoms. The van der Waals surface area contributed by atoms with Gasteiger partial charge in [0.05, 0.1) is 13.0 Å². The monoisotopic (exact) mass is 466 g/mol. The lowest BCUT2D eigenvalue weighted by molar-refractivity contribution is -0.143. The fourth-order valence-electron chi connectivity index (χ4n) is 2.77. The van der Waals surface area contributed by atoms with E-state index in [4.69, 9.17) is 15.9 Å². The molecule has 1 aromatic carbocycles. The van der Waals surface area contributed by atoms with Crippen LogP contribution >= 0.6 is 0 Å². The largest absolute Gasteiger partial charge is 0.481 e. The second kappa shape index (κ2) is 13.4. The topological polar surface area (TPSA) is 225 Å².